The number of benzene rings is 2. The fourth-order valence-corrected chi connectivity index (χ4v) is 4.07. The predicted molar refractivity (Wildman–Crippen MR) is 116 cm³/mol. The van der Waals surface area contributed by atoms with Gasteiger partial charge in [0.1, 0.15) is 5.82 Å². The molecule has 2 heterocycles. The second-order valence-electron chi connectivity index (χ2n) is 7.93. The summed E-state index contributed by atoms with van der Waals surface area (Å²) in [6.07, 6.45) is -0.249. The maximum atomic E-state index is 13.2. The van der Waals surface area contributed by atoms with Crippen molar-refractivity contribution < 1.29 is 14.3 Å². The highest BCUT2D eigenvalue weighted by atomic mass is 19.1. The molecule has 160 valence electrons. The van der Waals surface area contributed by atoms with Gasteiger partial charge in [0.05, 0.1) is 23.8 Å². The Morgan fingerprint density at radius 1 is 1.13 bits per heavy atom. The van der Waals surface area contributed by atoms with Crippen LogP contribution in [-0.4, -0.2) is 40.4 Å². The smallest absolute Gasteiger partial charge is 0.225 e. The number of carbonyl (C=O) groups is 1. The Hall–Kier alpha value is -3.32. The lowest BCUT2D eigenvalue weighted by molar-refractivity contribution is -0.124. The third-order valence-electron chi connectivity index (χ3n) is 5.78. The van der Waals surface area contributed by atoms with Crippen molar-refractivity contribution in [2.75, 3.05) is 18.0 Å². The second-order valence-corrected chi connectivity index (χ2v) is 7.93. The first kappa shape index (κ1) is 20.9. The maximum absolute atomic E-state index is 13.2. The summed E-state index contributed by atoms with van der Waals surface area (Å²) in [4.78, 5) is 14.9. The molecule has 0 radical (unpaired) electrons. The minimum Gasteiger partial charge on any atom is -0.388 e. The molecule has 2 N–H and O–H groups in total. The van der Waals surface area contributed by atoms with Crippen LogP contribution in [0.1, 0.15) is 23.2 Å². The molecule has 2 atom stereocenters. The van der Waals surface area contributed by atoms with Crippen molar-refractivity contribution in [2.24, 2.45) is 0 Å². The maximum Gasteiger partial charge on any atom is 0.225 e. The zero-order valence-electron chi connectivity index (χ0n) is 17.3. The molecule has 1 amide bonds. The van der Waals surface area contributed by atoms with E-state index >= 15 is 0 Å². The van der Waals surface area contributed by atoms with Crippen molar-refractivity contribution in [3.05, 3.63) is 89.4 Å². The van der Waals surface area contributed by atoms with Gasteiger partial charge in [-0.25, -0.2) is 4.39 Å². The number of halogens is 1. The number of aliphatic hydroxyl groups excluding tert-OH is 1. The van der Waals surface area contributed by atoms with Gasteiger partial charge < -0.3 is 15.3 Å². The van der Waals surface area contributed by atoms with E-state index in [4.69, 9.17) is 0 Å². The molecule has 2 aromatic carbocycles. The molecular formula is C24H25FN4O2. The third kappa shape index (κ3) is 4.56. The van der Waals surface area contributed by atoms with E-state index in [1.807, 2.05) is 54.3 Å². The molecule has 3 aromatic rings. The van der Waals surface area contributed by atoms with Gasteiger partial charge in [0, 0.05) is 13.1 Å². The van der Waals surface area contributed by atoms with Gasteiger partial charge in [0.25, 0.3) is 0 Å². The van der Waals surface area contributed by atoms with E-state index < -0.39 is 11.6 Å². The number of nitrogens with zero attached hydrogens (tertiary/aromatic N) is 3. The number of anilines is 1. The van der Waals surface area contributed by atoms with Crippen molar-refractivity contribution in [1.29, 1.82) is 0 Å². The molecule has 31 heavy (non-hydrogen) atoms. The lowest BCUT2D eigenvalue weighted by Gasteiger charge is -2.46. The number of aryl methyl sites for hydroxylation is 1. The molecule has 7 heteroatoms. The summed E-state index contributed by atoms with van der Waals surface area (Å²) < 4.78 is 13.2. The summed E-state index contributed by atoms with van der Waals surface area (Å²) >= 11 is 0. The minimum absolute atomic E-state index is 0.106. The zero-order valence-corrected chi connectivity index (χ0v) is 17.3. The van der Waals surface area contributed by atoms with Gasteiger partial charge in [-0.15, -0.1) is 5.10 Å². The van der Waals surface area contributed by atoms with Crippen molar-refractivity contribution in [1.82, 2.24) is 15.5 Å². The van der Waals surface area contributed by atoms with Crippen LogP contribution < -0.4 is 10.2 Å². The van der Waals surface area contributed by atoms with Gasteiger partial charge >= 0.3 is 0 Å². The van der Waals surface area contributed by atoms with E-state index in [2.05, 4.69) is 15.5 Å². The lowest BCUT2D eigenvalue weighted by Crippen LogP contribution is -2.62. The van der Waals surface area contributed by atoms with Crippen molar-refractivity contribution in [3.8, 4) is 0 Å². The van der Waals surface area contributed by atoms with E-state index in [1.54, 1.807) is 12.1 Å². The average molecular weight is 420 g/mol. The van der Waals surface area contributed by atoms with Crippen LogP contribution in [0.2, 0.25) is 0 Å². The standard InChI is InChI=1S/C24H25FN4O2/c1-17-7-12-22(28-27-17)29-14-13-24(21(30)16-29,19-5-3-2-4-6-19)26-23(31)15-18-8-10-20(25)11-9-18/h2-12,21,30H,13-16H2,1H3,(H,26,31)/t21-,24-/m1/s1. The van der Waals surface area contributed by atoms with Gasteiger partial charge in [0.2, 0.25) is 5.91 Å². The molecule has 0 spiro atoms. The molecule has 0 aliphatic carbocycles. The summed E-state index contributed by atoms with van der Waals surface area (Å²) in [5.74, 6) is 0.133. The van der Waals surface area contributed by atoms with E-state index in [1.165, 1.54) is 12.1 Å². The largest absolute Gasteiger partial charge is 0.388 e. The first-order valence-electron chi connectivity index (χ1n) is 10.3. The Morgan fingerprint density at radius 3 is 2.52 bits per heavy atom. The van der Waals surface area contributed by atoms with Crippen LogP contribution >= 0.6 is 0 Å². The van der Waals surface area contributed by atoms with E-state index in [0.717, 1.165) is 11.3 Å². The number of amides is 1. The first-order valence-corrected chi connectivity index (χ1v) is 10.3. The van der Waals surface area contributed by atoms with Crippen molar-refractivity contribution in [2.45, 2.75) is 31.4 Å². The van der Waals surface area contributed by atoms with Gasteiger partial charge in [-0.2, -0.15) is 5.10 Å². The molecule has 0 bridgehead atoms. The Kier molecular flexibility index (Phi) is 5.95. The van der Waals surface area contributed by atoms with E-state index in [9.17, 15) is 14.3 Å². The van der Waals surface area contributed by atoms with Crippen LogP contribution in [0.5, 0.6) is 0 Å². The van der Waals surface area contributed by atoms with Gasteiger partial charge in [0.15, 0.2) is 5.82 Å². The van der Waals surface area contributed by atoms with Gasteiger partial charge in [-0.1, -0.05) is 42.5 Å². The van der Waals surface area contributed by atoms with E-state index in [-0.39, 0.29) is 18.1 Å². The Labute approximate surface area is 180 Å². The number of rotatable bonds is 5. The molecule has 1 aromatic heterocycles. The summed E-state index contributed by atoms with van der Waals surface area (Å²) in [5, 5.41) is 22.7. The molecule has 1 aliphatic heterocycles. The third-order valence-corrected chi connectivity index (χ3v) is 5.78. The van der Waals surface area contributed by atoms with Crippen LogP contribution in [0.3, 0.4) is 0 Å². The molecule has 0 unspecified atom stereocenters. The molecule has 6 nitrogen and oxygen atoms in total. The number of nitrogens with one attached hydrogen (secondary N) is 1. The molecule has 1 saturated heterocycles. The summed E-state index contributed by atoms with van der Waals surface area (Å²) in [6, 6.07) is 19.2. The van der Waals surface area contributed by atoms with E-state index in [0.29, 0.717) is 30.9 Å². The van der Waals surface area contributed by atoms with Crippen LogP contribution in [0.25, 0.3) is 0 Å². The quantitative estimate of drug-likeness (QED) is 0.664. The van der Waals surface area contributed by atoms with Crippen LogP contribution in [-0.2, 0) is 16.8 Å². The van der Waals surface area contributed by atoms with Crippen molar-refractivity contribution in [3.63, 3.8) is 0 Å². The van der Waals surface area contributed by atoms with Crippen molar-refractivity contribution >= 4 is 11.7 Å². The average Bonchev–Trinajstić information content (AvgIpc) is 2.78. The predicted octanol–water partition coefficient (Wildman–Crippen LogP) is 2.75. The number of aliphatic hydroxyl groups is 1. The summed E-state index contributed by atoms with van der Waals surface area (Å²) in [7, 11) is 0. The second kappa shape index (κ2) is 8.81. The molecule has 1 fully saturated rings. The Bertz CT molecular complexity index is 1030. The van der Waals surface area contributed by atoms with Crippen LogP contribution in [0.15, 0.2) is 66.7 Å². The first-order chi connectivity index (χ1) is 15.0. The zero-order chi connectivity index (χ0) is 21.8. The SMILES string of the molecule is Cc1ccc(N2CC[C@@](NC(=O)Cc3ccc(F)cc3)(c3ccccc3)[C@H](O)C2)nn1. The van der Waals surface area contributed by atoms with Crippen LogP contribution in [0, 0.1) is 12.7 Å². The Morgan fingerprint density at radius 2 is 1.87 bits per heavy atom. The Balaban J connectivity index is 1.56. The van der Waals surface area contributed by atoms with Gasteiger partial charge in [-0.05, 0) is 48.7 Å². The summed E-state index contributed by atoms with van der Waals surface area (Å²) in [6.45, 7) is 2.78. The number of piperidine rings is 1. The fourth-order valence-electron chi connectivity index (χ4n) is 4.07. The molecule has 1 aliphatic rings. The number of hydrogen-bond acceptors (Lipinski definition) is 5. The molecule has 4 rings (SSSR count). The highest BCUT2D eigenvalue weighted by molar-refractivity contribution is 5.79. The van der Waals surface area contributed by atoms with Crippen LogP contribution in [0.4, 0.5) is 10.2 Å². The normalized spacial score (nSPS) is 21.0. The monoisotopic (exact) mass is 420 g/mol. The van der Waals surface area contributed by atoms with Gasteiger partial charge in [-0.3, -0.25) is 4.79 Å². The number of aromatic nitrogens is 2. The highest BCUT2D eigenvalue weighted by Gasteiger charge is 2.45. The number of carbonyl (C=O) groups excluding carboxylic acids is 1. The number of β-amino-alcohol motifs (C(OH)–C–C–N with tert-alkyl or cyclic N) is 1. The lowest BCUT2D eigenvalue weighted by atomic mass is 9.78. The highest BCUT2D eigenvalue weighted by Crippen LogP contribution is 2.34. The number of hydrogen-bond donors (Lipinski definition) is 2. The summed E-state index contributed by atoms with van der Waals surface area (Å²) in [5.41, 5.74) is 1.47. The molecule has 0 saturated carbocycles. The topological polar surface area (TPSA) is 78.4 Å². The molecular weight excluding hydrogens is 395 g/mol. The minimum atomic E-state index is -0.924. The fraction of sp³-hybridized carbons (Fsp3) is 0.292.